The number of hydrogen-bond acceptors (Lipinski definition) is 3. The monoisotopic (exact) mass is 300 g/mol. The SMILES string of the molecule is C=CCNC(=O)CN(Cc1ccccc1F)S(C)(=O)=O. The number of hydrogen-bond donors (Lipinski definition) is 1. The molecule has 1 aromatic rings. The summed E-state index contributed by atoms with van der Waals surface area (Å²) in [6, 6.07) is 5.85. The summed E-state index contributed by atoms with van der Waals surface area (Å²) >= 11 is 0. The maximum absolute atomic E-state index is 13.5. The highest BCUT2D eigenvalue weighted by Gasteiger charge is 2.21. The molecule has 7 heteroatoms. The number of benzene rings is 1. The molecule has 0 bridgehead atoms. The Bertz CT molecular complexity index is 587. The third-order valence-electron chi connectivity index (χ3n) is 2.54. The molecule has 1 aromatic carbocycles. The lowest BCUT2D eigenvalue weighted by atomic mass is 10.2. The molecular weight excluding hydrogens is 283 g/mol. The van der Waals surface area contributed by atoms with Gasteiger partial charge in [0, 0.05) is 18.7 Å². The lowest BCUT2D eigenvalue weighted by Crippen LogP contribution is -2.40. The predicted octanol–water partition coefficient (Wildman–Crippen LogP) is 0.889. The van der Waals surface area contributed by atoms with Gasteiger partial charge in [-0.25, -0.2) is 12.8 Å². The van der Waals surface area contributed by atoms with Crippen LogP contribution in [0.5, 0.6) is 0 Å². The second-order valence-corrected chi connectivity index (χ2v) is 6.20. The molecule has 0 aliphatic rings. The third kappa shape index (κ3) is 5.10. The summed E-state index contributed by atoms with van der Waals surface area (Å²) < 4.78 is 37.8. The molecule has 0 unspecified atom stereocenters. The molecule has 0 aliphatic heterocycles. The van der Waals surface area contributed by atoms with Gasteiger partial charge in [0.1, 0.15) is 5.82 Å². The van der Waals surface area contributed by atoms with Crippen molar-refractivity contribution in [2.75, 3.05) is 19.3 Å². The zero-order chi connectivity index (χ0) is 15.2. The standard InChI is InChI=1S/C13H17FN2O3S/c1-3-8-15-13(17)10-16(20(2,18)19)9-11-6-4-5-7-12(11)14/h3-7H,1,8-10H2,2H3,(H,15,17). The molecule has 0 saturated carbocycles. The van der Waals surface area contributed by atoms with Crippen molar-refractivity contribution in [1.29, 1.82) is 0 Å². The van der Waals surface area contributed by atoms with Crippen LogP contribution in [0.2, 0.25) is 0 Å². The second kappa shape index (κ2) is 7.16. The van der Waals surface area contributed by atoms with Gasteiger partial charge >= 0.3 is 0 Å². The largest absolute Gasteiger partial charge is 0.351 e. The van der Waals surface area contributed by atoms with E-state index in [1.165, 1.54) is 24.3 Å². The second-order valence-electron chi connectivity index (χ2n) is 4.22. The van der Waals surface area contributed by atoms with Crippen LogP contribution in [0.15, 0.2) is 36.9 Å². The highest BCUT2D eigenvalue weighted by Crippen LogP contribution is 2.12. The van der Waals surface area contributed by atoms with Crippen LogP contribution in [-0.4, -0.2) is 38.0 Å². The Morgan fingerprint density at radius 2 is 2.10 bits per heavy atom. The third-order valence-corrected chi connectivity index (χ3v) is 3.73. The molecule has 1 N–H and O–H groups in total. The van der Waals surface area contributed by atoms with Crippen LogP contribution in [0, 0.1) is 5.82 Å². The van der Waals surface area contributed by atoms with Gasteiger partial charge in [0.05, 0.1) is 12.8 Å². The molecule has 110 valence electrons. The van der Waals surface area contributed by atoms with Crippen LogP contribution in [0.4, 0.5) is 4.39 Å². The Kier molecular flexibility index (Phi) is 5.84. The number of carbonyl (C=O) groups is 1. The van der Waals surface area contributed by atoms with Crippen LogP contribution in [0.3, 0.4) is 0 Å². The summed E-state index contributed by atoms with van der Waals surface area (Å²) in [5.74, 6) is -0.973. The number of halogens is 1. The zero-order valence-electron chi connectivity index (χ0n) is 11.2. The molecule has 0 heterocycles. The van der Waals surface area contributed by atoms with Crippen LogP contribution in [0.1, 0.15) is 5.56 Å². The fourth-order valence-corrected chi connectivity index (χ4v) is 2.23. The molecule has 0 atom stereocenters. The summed E-state index contributed by atoms with van der Waals surface area (Å²) in [7, 11) is -3.62. The molecule has 0 radical (unpaired) electrons. The van der Waals surface area contributed by atoms with Gasteiger partial charge in [-0.2, -0.15) is 4.31 Å². The van der Waals surface area contributed by atoms with Crippen molar-refractivity contribution in [1.82, 2.24) is 9.62 Å². The lowest BCUT2D eigenvalue weighted by Gasteiger charge is -2.19. The van der Waals surface area contributed by atoms with E-state index in [0.29, 0.717) is 0 Å². The average molecular weight is 300 g/mol. The first-order valence-corrected chi connectivity index (χ1v) is 7.75. The molecule has 20 heavy (non-hydrogen) atoms. The van der Waals surface area contributed by atoms with E-state index in [1.807, 2.05) is 0 Å². The zero-order valence-corrected chi connectivity index (χ0v) is 12.0. The van der Waals surface area contributed by atoms with Gasteiger partial charge in [-0.3, -0.25) is 4.79 Å². The molecule has 5 nitrogen and oxygen atoms in total. The number of nitrogens with one attached hydrogen (secondary N) is 1. The molecule has 0 aromatic heterocycles. The summed E-state index contributed by atoms with van der Waals surface area (Å²) in [5.41, 5.74) is 0.217. The molecule has 0 fully saturated rings. The fourth-order valence-electron chi connectivity index (χ4n) is 1.51. The van der Waals surface area contributed by atoms with Crippen molar-refractivity contribution in [3.05, 3.63) is 48.3 Å². The van der Waals surface area contributed by atoms with Crippen molar-refractivity contribution < 1.29 is 17.6 Å². The van der Waals surface area contributed by atoms with E-state index >= 15 is 0 Å². The smallest absolute Gasteiger partial charge is 0.235 e. The number of sulfonamides is 1. The maximum atomic E-state index is 13.5. The lowest BCUT2D eigenvalue weighted by molar-refractivity contribution is -0.121. The van der Waals surface area contributed by atoms with E-state index in [4.69, 9.17) is 0 Å². The highest BCUT2D eigenvalue weighted by atomic mass is 32.2. The molecule has 0 aliphatic carbocycles. The number of nitrogens with zero attached hydrogens (tertiary/aromatic N) is 1. The van der Waals surface area contributed by atoms with Crippen LogP contribution < -0.4 is 5.32 Å². The first-order chi connectivity index (χ1) is 9.34. The minimum atomic E-state index is -3.62. The van der Waals surface area contributed by atoms with Gasteiger partial charge in [-0.15, -0.1) is 6.58 Å². The van der Waals surface area contributed by atoms with E-state index in [-0.39, 0.29) is 25.2 Å². The minimum Gasteiger partial charge on any atom is -0.351 e. The van der Waals surface area contributed by atoms with Crippen molar-refractivity contribution in [2.45, 2.75) is 6.54 Å². The van der Waals surface area contributed by atoms with Crippen molar-refractivity contribution in [3.8, 4) is 0 Å². The number of carbonyl (C=O) groups excluding carboxylic acids is 1. The molecular formula is C13H17FN2O3S. The Hall–Kier alpha value is -1.73. The van der Waals surface area contributed by atoms with E-state index < -0.39 is 21.7 Å². The van der Waals surface area contributed by atoms with E-state index in [1.54, 1.807) is 6.07 Å². The summed E-state index contributed by atoms with van der Waals surface area (Å²) in [5, 5.41) is 2.48. The van der Waals surface area contributed by atoms with Gasteiger partial charge in [-0.1, -0.05) is 24.3 Å². The van der Waals surface area contributed by atoms with Gasteiger partial charge in [0.2, 0.25) is 15.9 Å². The number of amides is 1. The van der Waals surface area contributed by atoms with Gasteiger partial charge < -0.3 is 5.32 Å². The Morgan fingerprint density at radius 1 is 1.45 bits per heavy atom. The topological polar surface area (TPSA) is 66.5 Å². The van der Waals surface area contributed by atoms with Gasteiger partial charge in [-0.05, 0) is 6.07 Å². The van der Waals surface area contributed by atoms with Crippen molar-refractivity contribution in [2.24, 2.45) is 0 Å². The first kappa shape index (κ1) is 16.3. The molecule has 1 rings (SSSR count). The van der Waals surface area contributed by atoms with Crippen LogP contribution >= 0.6 is 0 Å². The summed E-state index contributed by atoms with van der Waals surface area (Å²) in [4.78, 5) is 11.6. The van der Waals surface area contributed by atoms with Crippen LogP contribution in [0.25, 0.3) is 0 Å². The fraction of sp³-hybridized carbons (Fsp3) is 0.308. The normalized spacial score (nSPS) is 11.3. The van der Waals surface area contributed by atoms with E-state index in [0.717, 1.165) is 10.6 Å². The highest BCUT2D eigenvalue weighted by molar-refractivity contribution is 7.88. The Labute approximate surface area is 118 Å². The average Bonchev–Trinajstić information content (AvgIpc) is 2.37. The minimum absolute atomic E-state index is 0.187. The van der Waals surface area contributed by atoms with Crippen molar-refractivity contribution in [3.63, 3.8) is 0 Å². The van der Waals surface area contributed by atoms with Gasteiger partial charge in [0.25, 0.3) is 0 Å². The molecule has 1 amide bonds. The summed E-state index contributed by atoms with van der Waals surface area (Å²) in [6.07, 6.45) is 2.47. The van der Waals surface area contributed by atoms with Crippen molar-refractivity contribution >= 4 is 15.9 Å². The predicted molar refractivity (Wildman–Crippen MR) is 74.9 cm³/mol. The van der Waals surface area contributed by atoms with Crippen LogP contribution in [-0.2, 0) is 21.4 Å². The molecule has 0 spiro atoms. The van der Waals surface area contributed by atoms with Gasteiger partial charge in [0.15, 0.2) is 0 Å². The van der Waals surface area contributed by atoms with E-state index in [9.17, 15) is 17.6 Å². The molecule has 0 saturated heterocycles. The number of rotatable bonds is 7. The maximum Gasteiger partial charge on any atom is 0.235 e. The Balaban J connectivity index is 2.84. The van der Waals surface area contributed by atoms with E-state index in [2.05, 4.69) is 11.9 Å². The Morgan fingerprint density at radius 3 is 2.65 bits per heavy atom. The quantitative estimate of drug-likeness (QED) is 0.761. The first-order valence-electron chi connectivity index (χ1n) is 5.90. The summed E-state index contributed by atoms with van der Waals surface area (Å²) in [6.45, 7) is 3.14.